The van der Waals surface area contributed by atoms with E-state index in [0.29, 0.717) is 18.8 Å². The zero-order valence-electron chi connectivity index (χ0n) is 15.6. The molecule has 0 bridgehead atoms. The summed E-state index contributed by atoms with van der Waals surface area (Å²) in [6, 6.07) is 6.11. The predicted octanol–water partition coefficient (Wildman–Crippen LogP) is 1.13. The van der Waals surface area contributed by atoms with E-state index in [4.69, 9.17) is 4.74 Å². The van der Waals surface area contributed by atoms with Gasteiger partial charge in [0.2, 0.25) is 11.8 Å². The minimum Gasteiger partial charge on any atom is -0.452 e. The molecule has 3 amide bonds. The summed E-state index contributed by atoms with van der Waals surface area (Å²) in [7, 11) is 1.49. The number of rotatable bonds is 8. The molecule has 0 fully saturated rings. The number of nitrogens with one attached hydrogen (secondary N) is 1. The molecule has 8 nitrogen and oxygen atoms in total. The average molecular weight is 363 g/mol. The zero-order chi connectivity index (χ0) is 19.7. The highest BCUT2D eigenvalue weighted by atomic mass is 16.5. The Labute approximate surface area is 153 Å². The maximum Gasteiger partial charge on any atom is 0.338 e. The van der Waals surface area contributed by atoms with Gasteiger partial charge in [-0.1, -0.05) is 0 Å². The van der Waals surface area contributed by atoms with E-state index < -0.39 is 18.5 Å². The van der Waals surface area contributed by atoms with Crippen LogP contribution in [0.3, 0.4) is 0 Å². The first-order chi connectivity index (χ1) is 12.3. The molecule has 0 radical (unpaired) electrons. The number of carbonyl (C=O) groups is 4. The van der Waals surface area contributed by atoms with Gasteiger partial charge >= 0.3 is 5.97 Å². The molecule has 0 heterocycles. The van der Waals surface area contributed by atoms with Crippen LogP contribution < -0.4 is 5.32 Å². The first-order valence-corrected chi connectivity index (χ1v) is 8.35. The third-order valence-corrected chi connectivity index (χ3v) is 3.68. The first-order valence-electron chi connectivity index (χ1n) is 8.35. The van der Waals surface area contributed by atoms with Gasteiger partial charge in [0.25, 0.3) is 5.91 Å². The van der Waals surface area contributed by atoms with Gasteiger partial charge in [-0.3, -0.25) is 14.4 Å². The van der Waals surface area contributed by atoms with Crippen LogP contribution in [-0.4, -0.2) is 66.8 Å². The summed E-state index contributed by atoms with van der Waals surface area (Å²) >= 11 is 0. The van der Waals surface area contributed by atoms with Crippen molar-refractivity contribution in [2.75, 3.05) is 38.6 Å². The second kappa shape index (κ2) is 10.2. The molecule has 0 saturated carbocycles. The van der Waals surface area contributed by atoms with Crippen LogP contribution in [0.25, 0.3) is 0 Å². The lowest BCUT2D eigenvalue weighted by atomic mass is 10.2. The van der Waals surface area contributed by atoms with Crippen LogP contribution in [-0.2, 0) is 19.1 Å². The Hall–Kier alpha value is -2.90. The smallest absolute Gasteiger partial charge is 0.338 e. The molecule has 1 N–H and O–H groups in total. The molecule has 0 aliphatic rings. The fourth-order valence-electron chi connectivity index (χ4n) is 2.18. The molecule has 26 heavy (non-hydrogen) atoms. The number of likely N-dealkylation sites (N-methyl/N-ethyl adjacent to an activating group) is 2. The highest BCUT2D eigenvalue weighted by molar-refractivity contribution is 5.93. The number of carbonyl (C=O) groups excluding carboxylic acids is 4. The van der Waals surface area contributed by atoms with Crippen LogP contribution in [0.2, 0.25) is 0 Å². The van der Waals surface area contributed by atoms with Gasteiger partial charge in [0.15, 0.2) is 6.61 Å². The topological polar surface area (TPSA) is 96.0 Å². The Kier molecular flexibility index (Phi) is 8.27. The third kappa shape index (κ3) is 6.54. The fourth-order valence-corrected chi connectivity index (χ4v) is 2.18. The molecule has 0 aromatic heterocycles. The minimum absolute atomic E-state index is 0.0660. The van der Waals surface area contributed by atoms with Crippen molar-refractivity contribution in [1.29, 1.82) is 0 Å². The van der Waals surface area contributed by atoms with Gasteiger partial charge in [-0.25, -0.2) is 4.79 Å². The molecule has 142 valence electrons. The van der Waals surface area contributed by atoms with Crippen LogP contribution in [0, 0.1) is 0 Å². The van der Waals surface area contributed by atoms with E-state index in [1.807, 2.05) is 13.8 Å². The quantitative estimate of drug-likeness (QED) is 0.699. The van der Waals surface area contributed by atoms with Crippen LogP contribution in [0.5, 0.6) is 0 Å². The van der Waals surface area contributed by atoms with Crippen LogP contribution in [0.4, 0.5) is 5.69 Å². The van der Waals surface area contributed by atoms with Gasteiger partial charge in [-0.2, -0.15) is 0 Å². The zero-order valence-corrected chi connectivity index (χ0v) is 15.6. The Morgan fingerprint density at radius 3 is 2.08 bits per heavy atom. The van der Waals surface area contributed by atoms with Crippen molar-refractivity contribution in [3.8, 4) is 0 Å². The number of anilines is 1. The number of hydrogen-bond acceptors (Lipinski definition) is 5. The highest BCUT2D eigenvalue weighted by Gasteiger charge is 2.18. The average Bonchev–Trinajstić information content (AvgIpc) is 2.60. The molecule has 1 rings (SSSR count). The largest absolute Gasteiger partial charge is 0.452 e. The summed E-state index contributed by atoms with van der Waals surface area (Å²) in [5, 5.41) is 2.59. The SMILES string of the molecule is CCN(CC)C(=O)CN(C)C(=O)COC(=O)c1ccc(NC(C)=O)cc1. The predicted molar refractivity (Wildman–Crippen MR) is 96.6 cm³/mol. The van der Waals surface area contributed by atoms with Crippen LogP contribution in [0.1, 0.15) is 31.1 Å². The molecule has 0 unspecified atom stereocenters. The summed E-state index contributed by atoms with van der Waals surface area (Å²) in [5.74, 6) is -1.50. The van der Waals surface area contributed by atoms with Gasteiger partial charge in [0.1, 0.15) is 0 Å². The number of nitrogens with zero attached hydrogens (tertiary/aromatic N) is 2. The number of amides is 3. The maximum atomic E-state index is 12.0. The Morgan fingerprint density at radius 1 is 1.00 bits per heavy atom. The van der Waals surface area contributed by atoms with Gasteiger partial charge in [-0.05, 0) is 38.1 Å². The standard InChI is InChI=1S/C18H25N3O5/c1-5-21(6-2)16(23)11-20(4)17(24)12-26-18(25)14-7-9-15(10-8-14)19-13(3)22/h7-10H,5-6,11-12H2,1-4H3,(H,19,22). The molecule has 1 aromatic carbocycles. The number of hydrogen-bond donors (Lipinski definition) is 1. The fraction of sp³-hybridized carbons (Fsp3) is 0.444. The summed E-state index contributed by atoms with van der Waals surface area (Å²) in [5.41, 5.74) is 0.813. The number of benzene rings is 1. The molecule has 0 saturated heterocycles. The molecular weight excluding hydrogens is 338 g/mol. The van der Waals surface area contributed by atoms with Crippen LogP contribution >= 0.6 is 0 Å². The molecule has 0 spiro atoms. The second-order valence-corrected chi connectivity index (χ2v) is 5.65. The number of ether oxygens (including phenoxy) is 1. The summed E-state index contributed by atoms with van der Waals surface area (Å²) in [4.78, 5) is 49.8. The van der Waals surface area contributed by atoms with Gasteiger partial charge in [-0.15, -0.1) is 0 Å². The van der Waals surface area contributed by atoms with Crippen molar-refractivity contribution >= 4 is 29.4 Å². The minimum atomic E-state index is -0.656. The normalized spacial score (nSPS) is 10.0. The van der Waals surface area contributed by atoms with E-state index >= 15 is 0 Å². The van der Waals surface area contributed by atoms with Crippen molar-refractivity contribution in [3.63, 3.8) is 0 Å². The van der Waals surface area contributed by atoms with Crippen molar-refractivity contribution in [2.45, 2.75) is 20.8 Å². The molecule has 8 heteroatoms. The van der Waals surface area contributed by atoms with Gasteiger partial charge in [0, 0.05) is 32.7 Å². The highest BCUT2D eigenvalue weighted by Crippen LogP contribution is 2.10. The molecular formula is C18H25N3O5. The van der Waals surface area contributed by atoms with E-state index in [2.05, 4.69) is 5.32 Å². The summed E-state index contributed by atoms with van der Waals surface area (Å²) in [6.45, 7) is 5.74. The number of esters is 1. The third-order valence-electron chi connectivity index (χ3n) is 3.68. The van der Waals surface area contributed by atoms with Gasteiger partial charge in [0.05, 0.1) is 12.1 Å². The molecule has 0 aliphatic carbocycles. The van der Waals surface area contributed by atoms with E-state index in [0.717, 1.165) is 0 Å². The second-order valence-electron chi connectivity index (χ2n) is 5.65. The van der Waals surface area contributed by atoms with Crippen LogP contribution in [0.15, 0.2) is 24.3 Å². The lowest BCUT2D eigenvalue weighted by Crippen LogP contribution is -2.42. The van der Waals surface area contributed by atoms with Crippen molar-refractivity contribution in [3.05, 3.63) is 29.8 Å². The van der Waals surface area contributed by atoms with E-state index in [1.165, 1.54) is 31.0 Å². The molecule has 0 atom stereocenters. The first kappa shape index (κ1) is 21.1. The summed E-state index contributed by atoms with van der Waals surface area (Å²) < 4.78 is 4.98. The Bertz CT molecular complexity index is 653. The van der Waals surface area contributed by atoms with Crippen molar-refractivity contribution in [1.82, 2.24) is 9.80 Å². The Balaban J connectivity index is 2.51. The van der Waals surface area contributed by atoms with Crippen molar-refractivity contribution < 1.29 is 23.9 Å². The van der Waals surface area contributed by atoms with Crippen molar-refractivity contribution in [2.24, 2.45) is 0 Å². The molecule has 1 aromatic rings. The van der Waals surface area contributed by atoms with E-state index in [-0.39, 0.29) is 23.9 Å². The summed E-state index contributed by atoms with van der Waals surface area (Å²) in [6.07, 6.45) is 0. The lowest BCUT2D eigenvalue weighted by molar-refractivity contribution is -0.140. The van der Waals surface area contributed by atoms with E-state index in [1.54, 1.807) is 17.0 Å². The lowest BCUT2D eigenvalue weighted by Gasteiger charge is -2.23. The van der Waals surface area contributed by atoms with E-state index in [9.17, 15) is 19.2 Å². The van der Waals surface area contributed by atoms with Gasteiger partial charge < -0.3 is 19.9 Å². The maximum absolute atomic E-state index is 12.0. The molecule has 0 aliphatic heterocycles. The Morgan fingerprint density at radius 2 is 1.58 bits per heavy atom. The monoisotopic (exact) mass is 363 g/mol.